The minimum atomic E-state index is -4.53. The van der Waals surface area contributed by atoms with E-state index in [2.05, 4.69) is 5.32 Å². The monoisotopic (exact) mass is 421 g/mol. The standard InChI is InChI=1S/C15H15F3O5S.C2H3NO/c1-8(14(22)23)24-7-10(6-12(19)20)13(21)9-2-4-11(5-3-9)15(16,17)18;4-2-1-3-2/h2-5,8,10H,6-7H2,1H3,(H,19,20)(H,22,23);1H2,(H,3,4). The summed E-state index contributed by atoms with van der Waals surface area (Å²) in [5.74, 6) is -3.89. The fraction of sp³-hybridized carbons (Fsp3) is 0.412. The summed E-state index contributed by atoms with van der Waals surface area (Å²) in [5.41, 5.74) is -0.958. The van der Waals surface area contributed by atoms with E-state index >= 15 is 0 Å². The third-order valence-electron chi connectivity index (χ3n) is 3.50. The second-order valence-corrected chi connectivity index (χ2v) is 7.20. The number of carbonyl (C=O) groups excluding carboxylic acids is 2. The summed E-state index contributed by atoms with van der Waals surface area (Å²) >= 11 is 0.901. The number of carboxylic acid groups (broad SMARTS) is 2. The van der Waals surface area contributed by atoms with Crippen molar-refractivity contribution in [2.75, 3.05) is 12.3 Å². The quantitative estimate of drug-likeness (QED) is 0.434. The van der Waals surface area contributed by atoms with Gasteiger partial charge in [0.1, 0.15) is 0 Å². The van der Waals surface area contributed by atoms with E-state index in [0.717, 1.165) is 36.0 Å². The van der Waals surface area contributed by atoms with Crippen molar-refractivity contribution in [2.24, 2.45) is 5.92 Å². The Hall–Kier alpha value is -2.56. The zero-order valence-electron chi connectivity index (χ0n) is 14.7. The van der Waals surface area contributed by atoms with Crippen LogP contribution in [0.25, 0.3) is 0 Å². The van der Waals surface area contributed by atoms with Crippen molar-refractivity contribution in [1.82, 2.24) is 5.32 Å². The Bertz CT molecular complexity index is 729. The van der Waals surface area contributed by atoms with Gasteiger partial charge in [-0.2, -0.15) is 13.2 Å². The molecule has 2 rings (SSSR count). The van der Waals surface area contributed by atoms with E-state index in [1.165, 1.54) is 6.92 Å². The highest BCUT2D eigenvalue weighted by Crippen LogP contribution is 2.30. The second-order valence-electron chi connectivity index (χ2n) is 5.82. The Balaban J connectivity index is 0.000000863. The fourth-order valence-electron chi connectivity index (χ4n) is 1.87. The zero-order chi connectivity index (χ0) is 21.5. The van der Waals surface area contributed by atoms with Gasteiger partial charge in [-0.15, -0.1) is 11.8 Å². The van der Waals surface area contributed by atoms with Crippen LogP contribution in [0, 0.1) is 5.92 Å². The van der Waals surface area contributed by atoms with Crippen molar-refractivity contribution in [1.29, 1.82) is 0 Å². The van der Waals surface area contributed by atoms with Gasteiger partial charge in [-0.3, -0.25) is 19.2 Å². The van der Waals surface area contributed by atoms with Crippen LogP contribution < -0.4 is 5.32 Å². The maximum absolute atomic E-state index is 12.5. The van der Waals surface area contributed by atoms with Crippen molar-refractivity contribution in [2.45, 2.75) is 24.8 Å². The van der Waals surface area contributed by atoms with Gasteiger partial charge < -0.3 is 15.5 Å². The van der Waals surface area contributed by atoms with Gasteiger partial charge in [-0.05, 0) is 19.1 Å². The first-order chi connectivity index (χ1) is 12.9. The summed E-state index contributed by atoms with van der Waals surface area (Å²) in [6, 6.07) is 3.48. The number of ketones is 1. The van der Waals surface area contributed by atoms with Crippen LogP contribution in [-0.4, -0.2) is 51.4 Å². The highest BCUT2D eigenvalue weighted by Gasteiger charge is 2.31. The van der Waals surface area contributed by atoms with E-state index in [0.29, 0.717) is 6.54 Å². The minimum Gasteiger partial charge on any atom is -0.481 e. The topological polar surface area (TPSA) is 131 Å². The highest BCUT2D eigenvalue weighted by molar-refractivity contribution is 8.00. The van der Waals surface area contributed by atoms with E-state index in [9.17, 15) is 32.3 Å². The molecule has 1 heterocycles. The van der Waals surface area contributed by atoms with Gasteiger partial charge in [0.25, 0.3) is 0 Å². The number of carbonyl (C=O) groups is 4. The van der Waals surface area contributed by atoms with Gasteiger partial charge in [0.15, 0.2) is 5.78 Å². The highest BCUT2D eigenvalue weighted by atomic mass is 32.2. The molecular weight excluding hydrogens is 403 g/mol. The van der Waals surface area contributed by atoms with Crippen LogP contribution >= 0.6 is 11.8 Å². The number of nitrogens with one attached hydrogen (secondary N) is 1. The molecule has 1 aromatic carbocycles. The molecular formula is C17H18F3NO6S. The normalized spacial score (nSPS) is 14.8. The third-order valence-corrected chi connectivity index (χ3v) is 4.80. The van der Waals surface area contributed by atoms with E-state index in [1.807, 2.05) is 0 Å². The summed E-state index contributed by atoms with van der Waals surface area (Å²) in [6.45, 7) is 1.99. The molecule has 0 radical (unpaired) electrons. The van der Waals surface area contributed by atoms with Gasteiger partial charge in [0.2, 0.25) is 5.91 Å². The Morgan fingerprint density at radius 1 is 1.18 bits per heavy atom. The first-order valence-electron chi connectivity index (χ1n) is 7.96. The van der Waals surface area contributed by atoms with Crippen molar-refractivity contribution in [3.63, 3.8) is 0 Å². The molecule has 0 aromatic heterocycles. The number of carboxylic acids is 2. The van der Waals surface area contributed by atoms with Crippen molar-refractivity contribution in [3.8, 4) is 0 Å². The van der Waals surface area contributed by atoms with Crippen molar-refractivity contribution >= 4 is 35.4 Å². The second kappa shape index (κ2) is 10.1. The molecule has 1 fully saturated rings. The lowest BCUT2D eigenvalue weighted by molar-refractivity contribution is -0.138. The molecule has 1 aromatic rings. The Morgan fingerprint density at radius 2 is 1.68 bits per heavy atom. The maximum Gasteiger partial charge on any atom is 0.416 e. The first-order valence-corrected chi connectivity index (χ1v) is 9.01. The van der Waals surface area contributed by atoms with Crippen LogP contribution in [0.5, 0.6) is 0 Å². The average molecular weight is 421 g/mol. The van der Waals surface area contributed by atoms with Crippen LogP contribution in [0.2, 0.25) is 0 Å². The molecule has 1 saturated heterocycles. The van der Waals surface area contributed by atoms with Crippen LogP contribution in [-0.2, 0) is 20.6 Å². The lowest BCUT2D eigenvalue weighted by atomic mass is 9.95. The van der Waals surface area contributed by atoms with E-state index in [-0.39, 0.29) is 17.2 Å². The van der Waals surface area contributed by atoms with Gasteiger partial charge in [0.05, 0.1) is 23.8 Å². The smallest absolute Gasteiger partial charge is 0.416 e. The number of benzene rings is 1. The first kappa shape index (κ1) is 23.5. The molecule has 7 nitrogen and oxygen atoms in total. The molecule has 28 heavy (non-hydrogen) atoms. The lowest BCUT2D eigenvalue weighted by Crippen LogP contribution is -2.23. The lowest BCUT2D eigenvalue weighted by Gasteiger charge is -2.15. The SMILES string of the molecule is CC(SCC(CC(=O)O)C(=O)c1ccc(C(F)(F)F)cc1)C(=O)O.O=C1CN1. The fourth-order valence-corrected chi connectivity index (χ4v) is 2.80. The molecule has 11 heteroatoms. The van der Waals surface area contributed by atoms with Gasteiger partial charge >= 0.3 is 18.1 Å². The molecule has 3 N–H and O–H groups in total. The molecule has 0 aliphatic carbocycles. The predicted molar refractivity (Wildman–Crippen MR) is 94.1 cm³/mol. The molecule has 0 bridgehead atoms. The van der Waals surface area contributed by atoms with E-state index in [4.69, 9.17) is 10.2 Å². The number of thioether (sulfide) groups is 1. The minimum absolute atomic E-state index is 0.0437. The Morgan fingerprint density at radius 3 is 2.04 bits per heavy atom. The van der Waals surface area contributed by atoms with Crippen molar-refractivity contribution < 1.29 is 42.6 Å². The van der Waals surface area contributed by atoms with E-state index < -0.39 is 47.1 Å². The Kier molecular flexibility index (Phi) is 8.48. The summed E-state index contributed by atoms with van der Waals surface area (Å²) in [5, 5.41) is 19.3. The number of hydrogen-bond donors (Lipinski definition) is 3. The largest absolute Gasteiger partial charge is 0.481 e. The average Bonchev–Trinajstić information content (AvgIpc) is 3.39. The van der Waals surface area contributed by atoms with Crippen molar-refractivity contribution in [3.05, 3.63) is 35.4 Å². The predicted octanol–water partition coefficient (Wildman–Crippen LogP) is 2.30. The van der Waals surface area contributed by atoms with Crippen LogP contribution in [0.4, 0.5) is 13.2 Å². The number of aliphatic carboxylic acids is 2. The molecule has 154 valence electrons. The third kappa shape index (κ3) is 8.42. The summed E-state index contributed by atoms with van der Waals surface area (Å²) in [4.78, 5) is 43.4. The molecule has 1 aliphatic rings. The molecule has 2 atom stereocenters. The number of amides is 1. The number of hydrogen-bond acceptors (Lipinski definition) is 5. The number of halogens is 3. The maximum atomic E-state index is 12.5. The summed E-state index contributed by atoms with van der Waals surface area (Å²) in [6.07, 6.45) is -5.06. The molecule has 0 spiro atoms. The summed E-state index contributed by atoms with van der Waals surface area (Å²) in [7, 11) is 0. The molecule has 1 amide bonds. The number of alkyl halides is 3. The molecule has 2 unspecified atom stereocenters. The number of Topliss-reactive ketones (excluding diaryl/α,β-unsaturated/α-hetero) is 1. The Labute approximate surface area is 162 Å². The van der Waals surface area contributed by atoms with Crippen LogP contribution in [0.3, 0.4) is 0 Å². The zero-order valence-corrected chi connectivity index (χ0v) is 15.5. The van der Waals surface area contributed by atoms with Crippen LogP contribution in [0.15, 0.2) is 24.3 Å². The van der Waals surface area contributed by atoms with Gasteiger partial charge in [0, 0.05) is 17.2 Å². The summed E-state index contributed by atoms with van der Waals surface area (Å²) < 4.78 is 37.5. The van der Waals surface area contributed by atoms with Gasteiger partial charge in [-0.1, -0.05) is 12.1 Å². The van der Waals surface area contributed by atoms with Gasteiger partial charge in [-0.25, -0.2) is 0 Å². The molecule has 0 saturated carbocycles. The molecule has 1 aliphatic heterocycles. The van der Waals surface area contributed by atoms with E-state index in [1.54, 1.807) is 0 Å². The number of rotatable bonds is 8. The van der Waals surface area contributed by atoms with Crippen LogP contribution in [0.1, 0.15) is 29.3 Å².